The van der Waals surface area contributed by atoms with Gasteiger partial charge in [-0.3, -0.25) is 4.79 Å². The average molecular weight is 461 g/mol. The highest BCUT2D eigenvalue weighted by molar-refractivity contribution is 7.09. The molecule has 0 fully saturated rings. The van der Waals surface area contributed by atoms with E-state index in [1.807, 2.05) is 30.3 Å². The van der Waals surface area contributed by atoms with Crippen molar-refractivity contribution < 1.29 is 9.32 Å². The maximum Gasteiger partial charge on any atom is 0.239 e. The topological polar surface area (TPSA) is 80.9 Å². The normalized spacial score (nSPS) is 12.9. The number of rotatable bonds is 9. The van der Waals surface area contributed by atoms with Crippen molar-refractivity contribution in [3.8, 4) is 0 Å². The summed E-state index contributed by atoms with van der Waals surface area (Å²) in [7, 11) is 0. The number of nitrogens with zero attached hydrogens (tertiary/aromatic N) is 3. The highest BCUT2D eigenvalue weighted by atomic mass is 32.1. The minimum absolute atomic E-state index is 0.145. The second-order valence-corrected chi connectivity index (χ2v) is 9.09. The van der Waals surface area contributed by atoms with Crippen LogP contribution in [0.4, 0.5) is 0 Å². The van der Waals surface area contributed by atoms with Crippen molar-refractivity contribution in [3.63, 3.8) is 0 Å². The van der Waals surface area contributed by atoms with Gasteiger partial charge in [0.15, 0.2) is 5.82 Å². The third-order valence-corrected chi connectivity index (χ3v) is 6.55. The van der Waals surface area contributed by atoms with Gasteiger partial charge in [0.25, 0.3) is 0 Å². The molecule has 2 atom stereocenters. The van der Waals surface area contributed by atoms with Gasteiger partial charge in [-0.2, -0.15) is 4.98 Å². The third-order valence-electron chi connectivity index (χ3n) is 5.55. The predicted octanol–water partition coefficient (Wildman–Crippen LogP) is 5.13. The van der Waals surface area contributed by atoms with E-state index < -0.39 is 5.92 Å². The molecule has 170 valence electrons. The monoisotopic (exact) mass is 460 g/mol. The van der Waals surface area contributed by atoms with E-state index in [0.717, 1.165) is 28.2 Å². The van der Waals surface area contributed by atoms with Gasteiger partial charge in [0.05, 0.1) is 11.7 Å². The summed E-state index contributed by atoms with van der Waals surface area (Å²) in [4.78, 5) is 22.7. The summed E-state index contributed by atoms with van der Waals surface area (Å²) in [6, 6.07) is 18.0. The number of hydrogen-bond donors (Lipinski definition) is 1. The van der Waals surface area contributed by atoms with Gasteiger partial charge in [-0.1, -0.05) is 72.2 Å². The Labute approximate surface area is 198 Å². The average Bonchev–Trinajstić information content (AvgIpc) is 3.48. The number of aromatic nitrogens is 3. The zero-order chi connectivity index (χ0) is 23.2. The van der Waals surface area contributed by atoms with Gasteiger partial charge in [-0.25, -0.2) is 4.98 Å². The van der Waals surface area contributed by atoms with Gasteiger partial charge < -0.3 is 9.84 Å². The molecular formula is C26H28N4O2S. The van der Waals surface area contributed by atoms with E-state index in [1.54, 1.807) is 18.3 Å². The molecule has 2 aromatic carbocycles. The van der Waals surface area contributed by atoms with Gasteiger partial charge >= 0.3 is 0 Å². The number of hydrogen-bond acceptors (Lipinski definition) is 6. The van der Waals surface area contributed by atoms with Crippen LogP contribution in [0.2, 0.25) is 0 Å². The molecule has 0 aliphatic carbocycles. The van der Waals surface area contributed by atoms with Crippen molar-refractivity contribution in [2.75, 3.05) is 0 Å². The molecule has 4 aromatic rings. The summed E-state index contributed by atoms with van der Waals surface area (Å²) in [5.74, 6) is 0.114. The lowest BCUT2D eigenvalue weighted by Crippen LogP contribution is -2.35. The molecular weight excluding hydrogens is 432 g/mol. The Morgan fingerprint density at radius 1 is 1.00 bits per heavy atom. The lowest BCUT2D eigenvalue weighted by Gasteiger charge is -2.20. The van der Waals surface area contributed by atoms with Crippen LogP contribution in [0.3, 0.4) is 0 Å². The van der Waals surface area contributed by atoms with Crippen LogP contribution in [-0.4, -0.2) is 21.0 Å². The van der Waals surface area contributed by atoms with Gasteiger partial charge in [-0.05, 0) is 44.2 Å². The van der Waals surface area contributed by atoms with E-state index in [2.05, 4.69) is 59.0 Å². The number of benzene rings is 2. The molecule has 1 N–H and O–H groups in total. The van der Waals surface area contributed by atoms with E-state index in [9.17, 15) is 4.79 Å². The van der Waals surface area contributed by atoms with E-state index in [-0.39, 0.29) is 11.9 Å². The molecule has 2 aromatic heterocycles. The summed E-state index contributed by atoms with van der Waals surface area (Å²) in [6.07, 6.45) is 1.99. The summed E-state index contributed by atoms with van der Waals surface area (Å²) in [5.41, 5.74) is 4.42. The zero-order valence-electron chi connectivity index (χ0n) is 19.1. The molecule has 7 heteroatoms. The van der Waals surface area contributed by atoms with Crippen LogP contribution in [0.15, 0.2) is 64.5 Å². The first kappa shape index (κ1) is 22.9. The fourth-order valence-electron chi connectivity index (χ4n) is 3.67. The summed E-state index contributed by atoms with van der Waals surface area (Å²) >= 11 is 1.58. The van der Waals surface area contributed by atoms with Crippen LogP contribution in [-0.2, 0) is 24.1 Å². The van der Waals surface area contributed by atoms with Gasteiger partial charge in [0, 0.05) is 5.38 Å². The number of nitrogens with one attached hydrogen (secondary N) is 1. The quantitative estimate of drug-likeness (QED) is 0.374. The molecule has 0 saturated heterocycles. The van der Waals surface area contributed by atoms with Crippen molar-refractivity contribution in [2.45, 2.75) is 52.0 Å². The Balaban J connectivity index is 1.61. The van der Waals surface area contributed by atoms with E-state index in [0.29, 0.717) is 24.6 Å². The Kier molecular flexibility index (Phi) is 7.29. The maximum absolute atomic E-state index is 13.6. The molecule has 0 bridgehead atoms. The van der Waals surface area contributed by atoms with Crippen molar-refractivity contribution >= 4 is 17.2 Å². The number of thiazole rings is 1. The van der Waals surface area contributed by atoms with Crippen LogP contribution in [0, 0.1) is 13.8 Å². The van der Waals surface area contributed by atoms with Crippen LogP contribution >= 0.6 is 11.3 Å². The van der Waals surface area contributed by atoms with Crippen LogP contribution in [0.25, 0.3) is 0 Å². The Morgan fingerprint density at radius 3 is 2.36 bits per heavy atom. The second kappa shape index (κ2) is 10.5. The first-order chi connectivity index (χ1) is 16.0. The Hall–Kier alpha value is -3.32. The first-order valence-corrected chi connectivity index (χ1v) is 12.0. The second-order valence-electron chi connectivity index (χ2n) is 8.20. The van der Waals surface area contributed by atoms with E-state index in [1.165, 1.54) is 5.56 Å². The number of amides is 1. The molecule has 0 radical (unpaired) electrons. The highest BCUT2D eigenvalue weighted by Gasteiger charge is 2.30. The van der Waals surface area contributed by atoms with Crippen LogP contribution < -0.4 is 5.32 Å². The van der Waals surface area contributed by atoms with Crippen molar-refractivity contribution in [1.82, 2.24) is 20.4 Å². The van der Waals surface area contributed by atoms with Crippen molar-refractivity contribution in [3.05, 3.63) is 99.1 Å². The molecule has 0 saturated carbocycles. The van der Waals surface area contributed by atoms with Gasteiger partial charge in [0.1, 0.15) is 10.9 Å². The van der Waals surface area contributed by atoms with Crippen molar-refractivity contribution in [2.24, 2.45) is 0 Å². The highest BCUT2D eigenvalue weighted by Crippen LogP contribution is 2.26. The molecule has 0 aliphatic heterocycles. The SMILES string of the molecule is CCc1csc(C(Cc2ccc(C)cc2)NC(=O)C(Cc2ccccc2)c2nc(C)no2)n1. The molecule has 6 nitrogen and oxygen atoms in total. The number of carbonyl (C=O) groups is 1. The van der Waals surface area contributed by atoms with Crippen LogP contribution in [0.1, 0.15) is 58.0 Å². The first-order valence-electron chi connectivity index (χ1n) is 11.2. The molecule has 33 heavy (non-hydrogen) atoms. The fraction of sp³-hybridized carbons (Fsp3) is 0.308. The molecule has 0 aliphatic rings. The maximum atomic E-state index is 13.6. The minimum Gasteiger partial charge on any atom is -0.346 e. The molecule has 2 unspecified atom stereocenters. The van der Waals surface area contributed by atoms with Gasteiger partial charge in [-0.15, -0.1) is 11.3 Å². The molecule has 2 heterocycles. The lowest BCUT2D eigenvalue weighted by atomic mass is 9.97. The Bertz CT molecular complexity index is 1180. The number of carbonyl (C=O) groups excluding carboxylic acids is 1. The predicted molar refractivity (Wildman–Crippen MR) is 129 cm³/mol. The number of aryl methyl sites for hydroxylation is 3. The lowest BCUT2D eigenvalue weighted by molar-refractivity contribution is -0.123. The zero-order valence-corrected chi connectivity index (χ0v) is 19.9. The fourth-order valence-corrected chi connectivity index (χ4v) is 4.63. The standard InChI is InChI=1S/C26H28N4O2S/c1-4-21-16-33-26(28-21)23(15-20-12-10-17(2)11-13-20)29-24(31)22(25-27-18(3)30-32-25)14-19-8-6-5-7-9-19/h5-13,16,22-23H,4,14-15H2,1-3H3,(H,29,31). The minimum atomic E-state index is -0.584. The van der Waals surface area contributed by atoms with Crippen LogP contribution in [0.5, 0.6) is 0 Å². The molecule has 4 rings (SSSR count). The van der Waals surface area contributed by atoms with Crippen molar-refractivity contribution in [1.29, 1.82) is 0 Å². The molecule has 1 amide bonds. The Morgan fingerprint density at radius 2 is 1.73 bits per heavy atom. The summed E-state index contributed by atoms with van der Waals surface area (Å²) in [6.45, 7) is 5.91. The molecule has 0 spiro atoms. The van der Waals surface area contributed by atoms with Gasteiger partial charge in [0.2, 0.25) is 11.8 Å². The smallest absolute Gasteiger partial charge is 0.239 e. The summed E-state index contributed by atoms with van der Waals surface area (Å²) < 4.78 is 5.43. The van der Waals surface area contributed by atoms with E-state index >= 15 is 0 Å². The summed E-state index contributed by atoms with van der Waals surface area (Å²) in [5, 5.41) is 10.1. The van der Waals surface area contributed by atoms with E-state index in [4.69, 9.17) is 9.51 Å². The third kappa shape index (κ3) is 5.93. The largest absolute Gasteiger partial charge is 0.346 e.